The lowest BCUT2D eigenvalue weighted by Crippen LogP contribution is -2.43. The Kier molecular flexibility index (Phi) is 6.09. The third-order valence-electron chi connectivity index (χ3n) is 5.83. The first kappa shape index (κ1) is 21.5. The number of benzene rings is 1. The number of hydrogen-bond donors (Lipinski definition) is 1. The van der Waals surface area contributed by atoms with E-state index in [9.17, 15) is 18.0 Å². The maximum atomic E-state index is 13.2. The Balaban J connectivity index is 1.41. The van der Waals surface area contributed by atoms with Gasteiger partial charge in [0.1, 0.15) is 23.0 Å². The molecule has 31 heavy (non-hydrogen) atoms. The average molecular weight is 451 g/mol. The topological polar surface area (TPSA) is 49.6 Å². The summed E-state index contributed by atoms with van der Waals surface area (Å²) < 4.78 is 41.0. The van der Waals surface area contributed by atoms with Crippen molar-refractivity contribution < 1.29 is 18.0 Å². The van der Waals surface area contributed by atoms with E-state index in [4.69, 9.17) is 11.6 Å². The van der Waals surface area contributed by atoms with Gasteiger partial charge in [-0.2, -0.15) is 0 Å². The van der Waals surface area contributed by atoms with E-state index in [1.807, 2.05) is 19.2 Å². The van der Waals surface area contributed by atoms with E-state index in [0.29, 0.717) is 5.65 Å². The fourth-order valence-corrected chi connectivity index (χ4v) is 4.39. The largest absolute Gasteiger partial charge is 0.358 e. The van der Waals surface area contributed by atoms with Crippen LogP contribution in [0.1, 0.15) is 48.2 Å². The van der Waals surface area contributed by atoms with Crippen molar-refractivity contribution in [1.29, 1.82) is 0 Å². The summed E-state index contributed by atoms with van der Waals surface area (Å²) >= 11 is 5.98. The Hall–Kier alpha value is -2.74. The summed E-state index contributed by atoms with van der Waals surface area (Å²) in [6.07, 6.45) is 1.94. The number of aromatic nitrogens is 2. The fourth-order valence-electron chi connectivity index (χ4n) is 4.14. The second-order valence-electron chi connectivity index (χ2n) is 7.79. The zero-order chi connectivity index (χ0) is 22.1. The van der Waals surface area contributed by atoms with E-state index < -0.39 is 12.2 Å². The highest BCUT2D eigenvalue weighted by atomic mass is 35.5. The van der Waals surface area contributed by atoms with E-state index in [1.54, 1.807) is 10.5 Å². The third-order valence-corrected chi connectivity index (χ3v) is 6.14. The summed E-state index contributed by atoms with van der Waals surface area (Å²) in [4.78, 5) is 18.6. The minimum absolute atomic E-state index is 0.00672. The molecule has 1 N–H and O–H groups in total. The number of fused-ring (bicyclic) bond motifs is 1. The Morgan fingerprint density at radius 1 is 1.23 bits per heavy atom. The van der Waals surface area contributed by atoms with E-state index in [1.165, 1.54) is 18.3 Å². The predicted octanol–water partition coefficient (Wildman–Crippen LogP) is 5.24. The minimum Gasteiger partial charge on any atom is -0.358 e. The van der Waals surface area contributed by atoms with Gasteiger partial charge in [-0.1, -0.05) is 17.7 Å². The molecule has 1 aliphatic rings. The molecule has 2 aromatic heterocycles. The normalized spacial score (nSPS) is 19.0. The lowest BCUT2D eigenvalue weighted by Gasteiger charge is -2.36. The maximum Gasteiger partial charge on any atom is 0.281 e. The molecule has 3 aromatic rings. The van der Waals surface area contributed by atoms with Gasteiger partial charge in [-0.05, 0) is 56.0 Å². The van der Waals surface area contributed by atoms with E-state index in [2.05, 4.69) is 15.2 Å². The van der Waals surface area contributed by atoms with Gasteiger partial charge in [0.05, 0.1) is 10.6 Å². The molecule has 0 radical (unpaired) electrons. The SMILES string of the molecule is CN(c1cccc2nc(C(F)F)cn12)[C@H]1CC[C@@H](NC(=O)c2ccc(F)cc2Cl)CC1. The third kappa shape index (κ3) is 4.49. The summed E-state index contributed by atoms with van der Waals surface area (Å²) in [5, 5.41) is 3.06. The molecule has 164 valence electrons. The monoisotopic (exact) mass is 450 g/mol. The van der Waals surface area contributed by atoms with Crippen LogP contribution in [-0.2, 0) is 0 Å². The summed E-state index contributed by atoms with van der Waals surface area (Å²) in [5.74, 6) is -0.00864. The first-order valence-corrected chi connectivity index (χ1v) is 10.5. The Morgan fingerprint density at radius 2 is 1.97 bits per heavy atom. The van der Waals surface area contributed by atoms with Gasteiger partial charge < -0.3 is 10.2 Å². The van der Waals surface area contributed by atoms with E-state index in [-0.39, 0.29) is 34.3 Å². The van der Waals surface area contributed by atoms with Crippen molar-refractivity contribution in [2.75, 3.05) is 11.9 Å². The number of hydrogen-bond acceptors (Lipinski definition) is 3. The number of imidazole rings is 1. The highest BCUT2D eigenvalue weighted by molar-refractivity contribution is 6.33. The maximum absolute atomic E-state index is 13.2. The molecule has 9 heteroatoms. The summed E-state index contributed by atoms with van der Waals surface area (Å²) in [7, 11) is 1.94. The van der Waals surface area contributed by atoms with Gasteiger partial charge in [0.2, 0.25) is 0 Å². The van der Waals surface area contributed by atoms with Crippen LogP contribution < -0.4 is 10.2 Å². The number of halogens is 4. The van der Waals surface area contributed by atoms with Gasteiger partial charge in [-0.15, -0.1) is 0 Å². The lowest BCUT2D eigenvalue weighted by atomic mass is 9.90. The molecular weight excluding hydrogens is 429 g/mol. The summed E-state index contributed by atoms with van der Waals surface area (Å²) in [5.41, 5.74) is 0.493. The Morgan fingerprint density at radius 3 is 2.65 bits per heavy atom. The predicted molar refractivity (Wildman–Crippen MR) is 113 cm³/mol. The highest BCUT2D eigenvalue weighted by Crippen LogP contribution is 2.29. The second kappa shape index (κ2) is 8.78. The van der Waals surface area contributed by atoms with Gasteiger partial charge in [-0.3, -0.25) is 9.20 Å². The van der Waals surface area contributed by atoms with Crippen LogP contribution in [0, 0.1) is 5.82 Å². The second-order valence-corrected chi connectivity index (χ2v) is 8.20. The quantitative estimate of drug-likeness (QED) is 0.578. The van der Waals surface area contributed by atoms with E-state index in [0.717, 1.165) is 37.6 Å². The van der Waals surface area contributed by atoms with Crippen LogP contribution in [0.4, 0.5) is 19.0 Å². The minimum atomic E-state index is -2.62. The molecule has 1 amide bonds. The molecule has 1 fully saturated rings. The zero-order valence-electron chi connectivity index (χ0n) is 16.9. The van der Waals surface area contributed by atoms with Gasteiger partial charge in [-0.25, -0.2) is 18.2 Å². The van der Waals surface area contributed by atoms with Crippen LogP contribution in [0.2, 0.25) is 5.02 Å². The molecule has 4 rings (SSSR count). The van der Waals surface area contributed by atoms with Crippen molar-refractivity contribution in [1.82, 2.24) is 14.7 Å². The van der Waals surface area contributed by atoms with Gasteiger partial charge in [0.25, 0.3) is 12.3 Å². The average Bonchev–Trinajstić information content (AvgIpc) is 3.18. The molecule has 0 atom stereocenters. The van der Waals surface area contributed by atoms with Gasteiger partial charge in [0.15, 0.2) is 0 Å². The molecule has 1 aliphatic carbocycles. The van der Waals surface area contributed by atoms with Crippen molar-refractivity contribution >= 4 is 29.0 Å². The van der Waals surface area contributed by atoms with Crippen molar-refractivity contribution in [2.45, 2.75) is 44.2 Å². The Bertz CT molecular complexity index is 1100. The smallest absolute Gasteiger partial charge is 0.281 e. The van der Waals surface area contributed by atoms with Gasteiger partial charge in [0, 0.05) is 25.3 Å². The molecule has 1 saturated carbocycles. The number of rotatable bonds is 5. The van der Waals surface area contributed by atoms with Crippen LogP contribution in [0.3, 0.4) is 0 Å². The first-order chi connectivity index (χ1) is 14.8. The number of carbonyl (C=O) groups excluding carboxylic acids is 1. The molecule has 0 saturated heterocycles. The standard InChI is InChI=1S/C22H22ClF3N4O/c1-29(20-4-2-3-19-28-18(21(25)26)12-30(19)20)15-8-6-14(7-9-15)27-22(31)16-10-5-13(24)11-17(16)23/h2-5,10-12,14-15,21H,6-9H2,1H3,(H,27,31)/t14-,15+. The number of nitrogens with one attached hydrogen (secondary N) is 1. The number of anilines is 1. The van der Waals surface area contributed by atoms with E-state index >= 15 is 0 Å². The molecule has 0 bridgehead atoms. The van der Waals surface area contributed by atoms with Crippen LogP contribution in [-0.4, -0.2) is 34.4 Å². The van der Waals surface area contributed by atoms with Crippen LogP contribution in [0.15, 0.2) is 42.6 Å². The molecule has 0 spiro atoms. The van der Waals surface area contributed by atoms with Crippen LogP contribution >= 0.6 is 11.6 Å². The molecule has 2 heterocycles. The van der Waals surface area contributed by atoms with Gasteiger partial charge >= 0.3 is 0 Å². The number of nitrogens with zero attached hydrogens (tertiary/aromatic N) is 3. The number of amides is 1. The lowest BCUT2D eigenvalue weighted by molar-refractivity contribution is 0.0926. The van der Waals surface area contributed by atoms with Crippen LogP contribution in [0.25, 0.3) is 5.65 Å². The molecule has 1 aromatic carbocycles. The molecule has 0 aliphatic heterocycles. The van der Waals surface area contributed by atoms with Crippen molar-refractivity contribution in [3.8, 4) is 0 Å². The molecular formula is C22H22ClF3N4O. The van der Waals surface area contributed by atoms with Crippen molar-refractivity contribution in [3.05, 3.63) is 64.7 Å². The summed E-state index contributed by atoms with van der Waals surface area (Å²) in [6, 6.07) is 9.30. The van der Waals surface area contributed by atoms with Crippen molar-refractivity contribution in [3.63, 3.8) is 0 Å². The summed E-state index contributed by atoms with van der Waals surface area (Å²) in [6.45, 7) is 0. The molecule has 5 nitrogen and oxygen atoms in total. The zero-order valence-corrected chi connectivity index (χ0v) is 17.6. The molecule has 0 unspecified atom stereocenters. The number of carbonyl (C=O) groups is 1. The highest BCUT2D eigenvalue weighted by Gasteiger charge is 2.27. The van der Waals surface area contributed by atoms with Crippen molar-refractivity contribution in [2.24, 2.45) is 0 Å². The number of alkyl halides is 2. The Labute approximate surface area is 182 Å². The number of pyridine rings is 1. The first-order valence-electron chi connectivity index (χ1n) is 10.1. The van der Waals surface area contributed by atoms with Crippen LogP contribution in [0.5, 0.6) is 0 Å². The fraction of sp³-hybridized carbons (Fsp3) is 0.364.